The monoisotopic (exact) mass is 255 g/mol. The van der Waals surface area contributed by atoms with Crippen LogP contribution in [0, 0.1) is 13.8 Å². The number of thioether (sulfide) groups is 1. The number of hydrogen-bond donors (Lipinski definition) is 1. The molecule has 1 N–H and O–H groups in total. The summed E-state index contributed by atoms with van der Waals surface area (Å²) in [5, 5.41) is 5.05. The fourth-order valence-corrected chi connectivity index (χ4v) is 3.51. The Labute approximate surface area is 107 Å². The van der Waals surface area contributed by atoms with Crippen LogP contribution in [0.5, 0.6) is 0 Å². The Morgan fingerprint density at radius 1 is 1.19 bits per heavy atom. The molecule has 1 saturated heterocycles. The third-order valence-corrected chi connectivity index (χ3v) is 4.94. The van der Waals surface area contributed by atoms with Gasteiger partial charge in [0.15, 0.2) is 0 Å². The van der Waals surface area contributed by atoms with Gasteiger partial charge in [0.1, 0.15) is 0 Å². The smallest absolute Gasteiger partial charge is 0.0438 e. The van der Waals surface area contributed by atoms with Gasteiger partial charge in [-0.25, -0.2) is 0 Å². The van der Waals surface area contributed by atoms with E-state index in [9.17, 15) is 0 Å². The molecule has 0 saturated carbocycles. The zero-order valence-electron chi connectivity index (χ0n) is 9.85. The number of halogens is 1. The van der Waals surface area contributed by atoms with Crippen LogP contribution < -0.4 is 5.32 Å². The van der Waals surface area contributed by atoms with E-state index in [4.69, 9.17) is 11.6 Å². The van der Waals surface area contributed by atoms with Gasteiger partial charge in [-0.2, -0.15) is 0 Å². The van der Waals surface area contributed by atoms with Crippen molar-refractivity contribution in [1.82, 2.24) is 5.32 Å². The molecule has 0 aromatic heterocycles. The molecular weight excluding hydrogens is 238 g/mol. The maximum Gasteiger partial charge on any atom is 0.0438 e. The van der Waals surface area contributed by atoms with Crippen LogP contribution >= 0.6 is 23.4 Å². The Kier molecular flexibility index (Phi) is 4.17. The van der Waals surface area contributed by atoms with E-state index in [1.54, 1.807) is 0 Å². The molecule has 1 aliphatic rings. The molecule has 16 heavy (non-hydrogen) atoms. The van der Waals surface area contributed by atoms with E-state index in [1.165, 1.54) is 28.9 Å². The SMILES string of the molecule is Cc1cc(SC2CCNCC2)c(C)cc1Cl. The summed E-state index contributed by atoms with van der Waals surface area (Å²) >= 11 is 8.12. The number of rotatable bonds is 2. The summed E-state index contributed by atoms with van der Waals surface area (Å²) in [4.78, 5) is 1.40. The fraction of sp³-hybridized carbons (Fsp3) is 0.538. The van der Waals surface area contributed by atoms with Gasteiger partial charge < -0.3 is 5.32 Å². The molecule has 0 bridgehead atoms. The van der Waals surface area contributed by atoms with Crippen molar-refractivity contribution in [3.8, 4) is 0 Å². The standard InChI is InChI=1S/C13H18ClNS/c1-9-8-13(10(2)7-12(9)14)16-11-3-5-15-6-4-11/h7-8,11,15H,3-6H2,1-2H3. The lowest BCUT2D eigenvalue weighted by Gasteiger charge is -2.23. The van der Waals surface area contributed by atoms with Crippen LogP contribution in [0.4, 0.5) is 0 Å². The lowest BCUT2D eigenvalue weighted by atomic mass is 10.1. The van der Waals surface area contributed by atoms with E-state index in [-0.39, 0.29) is 0 Å². The van der Waals surface area contributed by atoms with Gasteiger partial charge in [0, 0.05) is 15.2 Å². The summed E-state index contributed by atoms with van der Waals surface area (Å²) in [5.41, 5.74) is 2.49. The van der Waals surface area contributed by atoms with E-state index >= 15 is 0 Å². The van der Waals surface area contributed by atoms with Crippen LogP contribution in [-0.4, -0.2) is 18.3 Å². The van der Waals surface area contributed by atoms with Gasteiger partial charge in [-0.1, -0.05) is 11.6 Å². The molecule has 3 heteroatoms. The number of hydrogen-bond acceptors (Lipinski definition) is 2. The Balaban J connectivity index is 2.11. The highest BCUT2D eigenvalue weighted by atomic mass is 35.5. The van der Waals surface area contributed by atoms with Crippen molar-refractivity contribution in [3.63, 3.8) is 0 Å². The molecule has 0 spiro atoms. The molecule has 0 radical (unpaired) electrons. The van der Waals surface area contributed by atoms with Crippen molar-refractivity contribution in [2.45, 2.75) is 36.8 Å². The second-order valence-corrected chi connectivity index (χ2v) is 6.18. The Morgan fingerprint density at radius 2 is 1.88 bits per heavy atom. The average molecular weight is 256 g/mol. The van der Waals surface area contributed by atoms with Gasteiger partial charge in [-0.3, -0.25) is 0 Å². The van der Waals surface area contributed by atoms with E-state index in [2.05, 4.69) is 31.3 Å². The molecule has 1 aromatic rings. The van der Waals surface area contributed by atoms with Crippen molar-refractivity contribution in [3.05, 3.63) is 28.3 Å². The molecule has 2 rings (SSSR count). The first-order valence-electron chi connectivity index (χ1n) is 5.81. The van der Waals surface area contributed by atoms with Gasteiger partial charge in [0.05, 0.1) is 0 Å². The van der Waals surface area contributed by atoms with E-state index < -0.39 is 0 Å². The molecule has 0 amide bonds. The maximum atomic E-state index is 6.11. The van der Waals surface area contributed by atoms with Crippen LogP contribution in [0.25, 0.3) is 0 Å². The van der Waals surface area contributed by atoms with Crippen molar-refractivity contribution in [2.24, 2.45) is 0 Å². The predicted octanol–water partition coefficient (Wildman–Crippen LogP) is 3.80. The molecule has 1 heterocycles. The second kappa shape index (κ2) is 5.44. The first-order chi connectivity index (χ1) is 7.66. The van der Waals surface area contributed by atoms with Crippen molar-refractivity contribution in [2.75, 3.05) is 13.1 Å². The van der Waals surface area contributed by atoms with Crippen LogP contribution in [-0.2, 0) is 0 Å². The first kappa shape index (κ1) is 12.3. The summed E-state index contributed by atoms with van der Waals surface area (Å²) in [5.74, 6) is 0. The number of piperidine rings is 1. The highest BCUT2D eigenvalue weighted by Gasteiger charge is 2.15. The van der Waals surface area contributed by atoms with Crippen molar-refractivity contribution in [1.29, 1.82) is 0 Å². The van der Waals surface area contributed by atoms with Gasteiger partial charge in [0.25, 0.3) is 0 Å². The summed E-state index contributed by atoms with van der Waals surface area (Å²) in [6.45, 7) is 6.54. The highest BCUT2D eigenvalue weighted by molar-refractivity contribution is 8.00. The van der Waals surface area contributed by atoms with Crippen LogP contribution in [0.3, 0.4) is 0 Å². The summed E-state index contributed by atoms with van der Waals surface area (Å²) in [6.07, 6.45) is 2.54. The Hall–Kier alpha value is -0.180. The number of benzene rings is 1. The molecule has 1 aromatic carbocycles. The minimum absolute atomic E-state index is 0.764. The van der Waals surface area contributed by atoms with Gasteiger partial charge in [0.2, 0.25) is 0 Å². The van der Waals surface area contributed by atoms with E-state index in [0.717, 1.165) is 23.4 Å². The second-order valence-electron chi connectivity index (χ2n) is 4.43. The average Bonchev–Trinajstić information content (AvgIpc) is 2.27. The molecular formula is C13H18ClNS. The van der Waals surface area contributed by atoms with Gasteiger partial charge >= 0.3 is 0 Å². The summed E-state index contributed by atoms with van der Waals surface area (Å²) in [6, 6.07) is 4.31. The van der Waals surface area contributed by atoms with Crippen LogP contribution in [0.2, 0.25) is 5.02 Å². The minimum atomic E-state index is 0.764. The van der Waals surface area contributed by atoms with Crippen molar-refractivity contribution < 1.29 is 0 Å². The van der Waals surface area contributed by atoms with Crippen LogP contribution in [0.1, 0.15) is 24.0 Å². The maximum absolute atomic E-state index is 6.11. The molecule has 0 aliphatic carbocycles. The lowest BCUT2D eigenvalue weighted by molar-refractivity contribution is 0.531. The lowest BCUT2D eigenvalue weighted by Crippen LogP contribution is -2.29. The molecule has 88 valence electrons. The summed E-state index contributed by atoms with van der Waals surface area (Å²) in [7, 11) is 0. The Morgan fingerprint density at radius 3 is 2.56 bits per heavy atom. The first-order valence-corrected chi connectivity index (χ1v) is 7.06. The largest absolute Gasteiger partial charge is 0.317 e. The van der Waals surface area contributed by atoms with E-state index in [0.29, 0.717) is 0 Å². The number of aryl methyl sites for hydroxylation is 2. The topological polar surface area (TPSA) is 12.0 Å². The zero-order valence-corrected chi connectivity index (χ0v) is 11.4. The molecule has 1 fully saturated rings. The number of nitrogens with one attached hydrogen (secondary N) is 1. The van der Waals surface area contributed by atoms with Gasteiger partial charge in [-0.05, 0) is 63.0 Å². The third-order valence-electron chi connectivity index (χ3n) is 3.04. The van der Waals surface area contributed by atoms with Gasteiger partial charge in [-0.15, -0.1) is 11.8 Å². The molecule has 1 nitrogen and oxygen atoms in total. The van der Waals surface area contributed by atoms with Crippen molar-refractivity contribution >= 4 is 23.4 Å². The zero-order chi connectivity index (χ0) is 11.5. The molecule has 0 atom stereocenters. The summed E-state index contributed by atoms with van der Waals surface area (Å²) < 4.78 is 0. The molecule has 0 unspecified atom stereocenters. The predicted molar refractivity (Wildman–Crippen MR) is 72.7 cm³/mol. The fourth-order valence-electron chi connectivity index (χ4n) is 1.97. The van der Waals surface area contributed by atoms with Crippen LogP contribution in [0.15, 0.2) is 17.0 Å². The minimum Gasteiger partial charge on any atom is -0.317 e. The normalized spacial score (nSPS) is 17.7. The Bertz CT molecular complexity index is 372. The van der Waals surface area contributed by atoms with E-state index in [1.807, 2.05) is 11.8 Å². The quantitative estimate of drug-likeness (QED) is 0.863. The highest BCUT2D eigenvalue weighted by Crippen LogP contribution is 2.33. The molecule has 1 aliphatic heterocycles. The third kappa shape index (κ3) is 2.93.